The van der Waals surface area contributed by atoms with Gasteiger partial charge in [-0.25, -0.2) is 0 Å². The highest BCUT2D eigenvalue weighted by Gasteiger charge is 2.42. The maximum absolute atomic E-state index is 11.9. The van der Waals surface area contributed by atoms with E-state index in [0.29, 0.717) is 11.5 Å². The summed E-state index contributed by atoms with van der Waals surface area (Å²) in [6.45, 7) is 5.35. The molecule has 1 aromatic rings. The molecule has 0 saturated carbocycles. The number of fused-ring (bicyclic) bond motifs is 1. The van der Waals surface area contributed by atoms with E-state index in [1.165, 1.54) is 0 Å². The second-order valence-electron chi connectivity index (χ2n) is 5.73. The topological polar surface area (TPSA) is 84.1 Å². The summed E-state index contributed by atoms with van der Waals surface area (Å²) in [7, 11) is 0. The van der Waals surface area contributed by atoms with Gasteiger partial charge in [0.2, 0.25) is 5.91 Å². The number of thiocarbonyl (C=S) groups is 1. The summed E-state index contributed by atoms with van der Waals surface area (Å²) in [4.78, 5) is 14.4. The molecule has 0 aliphatic carbocycles. The zero-order valence-corrected chi connectivity index (χ0v) is 13.0. The first-order valence-corrected chi connectivity index (χ1v) is 7.59. The molecular formula is C14H19N5OS. The Bertz CT molecular complexity index is 618. The molecule has 7 heteroatoms. The summed E-state index contributed by atoms with van der Waals surface area (Å²) in [5.41, 5.74) is 8.49. The zero-order chi connectivity index (χ0) is 15.1. The Balaban J connectivity index is 2.06. The number of nitrogens with two attached hydrogens (primary N) is 1. The van der Waals surface area contributed by atoms with Gasteiger partial charge in [0.25, 0.3) is 0 Å². The number of rotatable bonds is 2. The highest BCUT2D eigenvalue weighted by atomic mass is 32.1. The van der Waals surface area contributed by atoms with E-state index in [0.717, 1.165) is 42.0 Å². The molecule has 2 saturated heterocycles. The van der Waals surface area contributed by atoms with Crippen LogP contribution in [-0.4, -0.2) is 40.2 Å². The molecule has 2 fully saturated rings. The summed E-state index contributed by atoms with van der Waals surface area (Å²) in [5, 5.41) is 11.5. The Labute approximate surface area is 129 Å². The van der Waals surface area contributed by atoms with Gasteiger partial charge >= 0.3 is 0 Å². The summed E-state index contributed by atoms with van der Waals surface area (Å²) in [6.07, 6.45) is 1.88. The fourth-order valence-electron chi connectivity index (χ4n) is 3.31. The van der Waals surface area contributed by atoms with Gasteiger partial charge in [-0.15, -0.1) is 5.10 Å². The Kier molecular flexibility index (Phi) is 3.52. The molecular weight excluding hydrogens is 286 g/mol. The van der Waals surface area contributed by atoms with Crippen molar-refractivity contribution in [2.45, 2.75) is 32.7 Å². The van der Waals surface area contributed by atoms with E-state index in [-0.39, 0.29) is 17.9 Å². The zero-order valence-electron chi connectivity index (χ0n) is 12.2. The predicted octanol–water partition coefficient (Wildman–Crippen LogP) is 0.442. The Morgan fingerprint density at radius 1 is 1.43 bits per heavy atom. The highest BCUT2D eigenvalue weighted by Crippen LogP contribution is 2.33. The first-order chi connectivity index (χ1) is 10.0. The molecule has 0 bridgehead atoms. The van der Waals surface area contributed by atoms with Gasteiger partial charge in [-0.1, -0.05) is 12.2 Å². The molecule has 1 aromatic heterocycles. The van der Waals surface area contributed by atoms with Crippen molar-refractivity contribution in [2.24, 2.45) is 11.7 Å². The quantitative estimate of drug-likeness (QED) is 0.772. The molecule has 3 rings (SSSR count). The summed E-state index contributed by atoms with van der Waals surface area (Å²) >= 11 is 5.21. The summed E-state index contributed by atoms with van der Waals surface area (Å²) < 4.78 is 0. The van der Waals surface area contributed by atoms with Crippen LogP contribution in [0.15, 0.2) is 0 Å². The molecule has 112 valence electrons. The number of carbonyl (C=O) groups excluding carboxylic acids is 1. The van der Waals surface area contributed by atoms with Crippen molar-refractivity contribution in [2.75, 3.05) is 18.0 Å². The molecule has 3 heterocycles. The van der Waals surface area contributed by atoms with Crippen LogP contribution in [-0.2, 0) is 4.79 Å². The number of nitrogens with one attached hydrogen (secondary N) is 1. The van der Waals surface area contributed by atoms with Gasteiger partial charge in [0.05, 0.1) is 23.2 Å². The monoisotopic (exact) mass is 305 g/mol. The molecule has 6 nitrogen and oxygen atoms in total. The van der Waals surface area contributed by atoms with Crippen LogP contribution in [0, 0.1) is 19.8 Å². The molecule has 2 unspecified atom stereocenters. The first kappa shape index (κ1) is 14.2. The van der Waals surface area contributed by atoms with Crippen LogP contribution in [0.2, 0.25) is 0 Å². The molecule has 0 aromatic carbocycles. The fourth-order valence-corrected chi connectivity index (χ4v) is 3.55. The van der Waals surface area contributed by atoms with E-state index in [1.807, 2.05) is 13.8 Å². The smallest absolute Gasteiger partial charge is 0.225 e. The number of aromatic nitrogens is 2. The largest absolute Gasteiger partial charge is 0.389 e. The third-order valence-corrected chi connectivity index (χ3v) is 4.76. The number of amides is 1. The highest BCUT2D eigenvalue weighted by molar-refractivity contribution is 7.80. The van der Waals surface area contributed by atoms with Crippen molar-refractivity contribution < 1.29 is 4.79 Å². The van der Waals surface area contributed by atoms with Crippen LogP contribution in [0.1, 0.15) is 29.7 Å². The number of nitrogens with zero attached hydrogens (tertiary/aromatic N) is 3. The minimum Gasteiger partial charge on any atom is -0.389 e. The molecule has 21 heavy (non-hydrogen) atoms. The minimum atomic E-state index is 0.0290. The number of hydrogen-bond acceptors (Lipinski definition) is 5. The fraction of sp³-hybridized carbons (Fsp3) is 0.571. The summed E-state index contributed by atoms with van der Waals surface area (Å²) in [5.74, 6) is 0.886. The van der Waals surface area contributed by atoms with Gasteiger partial charge in [0.15, 0.2) is 5.82 Å². The van der Waals surface area contributed by atoms with E-state index in [1.54, 1.807) is 0 Å². The lowest BCUT2D eigenvalue weighted by molar-refractivity contribution is -0.122. The Hall–Kier alpha value is -1.76. The number of aryl methyl sites for hydroxylation is 1. The van der Waals surface area contributed by atoms with Crippen molar-refractivity contribution in [3.63, 3.8) is 0 Å². The second kappa shape index (κ2) is 5.22. The minimum absolute atomic E-state index is 0.0290. The normalized spacial score (nSPS) is 24.7. The number of anilines is 1. The van der Waals surface area contributed by atoms with Crippen LogP contribution >= 0.6 is 12.2 Å². The maximum Gasteiger partial charge on any atom is 0.225 e. The average molecular weight is 305 g/mol. The Morgan fingerprint density at radius 2 is 2.19 bits per heavy atom. The third-order valence-electron chi connectivity index (χ3n) is 4.56. The van der Waals surface area contributed by atoms with E-state index < -0.39 is 0 Å². The van der Waals surface area contributed by atoms with Gasteiger partial charge in [0, 0.05) is 13.1 Å². The summed E-state index contributed by atoms with van der Waals surface area (Å²) in [6, 6.07) is 0.121. The van der Waals surface area contributed by atoms with Crippen LogP contribution in [0.4, 0.5) is 5.82 Å². The number of hydrogen-bond donors (Lipinski definition) is 2. The number of piperidine rings is 1. The van der Waals surface area contributed by atoms with E-state index in [4.69, 9.17) is 18.0 Å². The SMILES string of the molecule is Cc1nnc(N2CCCC3C(=O)NCC32)c(C(N)=S)c1C. The van der Waals surface area contributed by atoms with Gasteiger partial charge < -0.3 is 16.0 Å². The van der Waals surface area contributed by atoms with Crippen molar-refractivity contribution in [1.29, 1.82) is 0 Å². The van der Waals surface area contributed by atoms with E-state index >= 15 is 0 Å². The second-order valence-corrected chi connectivity index (χ2v) is 6.17. The van der Waals surface area contributed by atoms with E-state index in [2.05, 4.69) is 20.4 Å². The van der Waals surface area contributed by atoms with Gasteiger partial charge in [-0.2, -0.15) is 5.10 Å². The van der Waals surface area contributed by atoms with E-state index in [9.17, 15) is 4.79 Å². The van der Waals surface area contributed by atoms with Crippen molar-refractivity contribution in [1.82, 2.24) is 15.5 Å². The van der Waals surface area contributed by atoms with Crippen LogP contribution in [0.25, 0.3) is 0 Å². The van der Waals surface area contributed by atoms with Crippen LogP contribution in [0.3, 0.4) is 0 Å². The lowest BCUT2D eigenvalue weighted by atomic mass is 9.91. The molecule has 0 radical (unpaired) electrons. The average Bonchev–Trinajstić information content (AvgIpc) is 2.83. The lowest BCUT2D eigenvalue weighted by Gasteiger charge is -2.37. The molecule has 3 N–H and O–H groups in total. The lowest BCUT2D eigenvalue weighted by Crippen LogP contribution is -2.47. The molecule has 1 amide bonds. The van der Waals surface area contributed by atoms with Gasteiger partial charge in [0.1, 0.15) is 4.99 Å². The van der Waals surface area contributed by atoms with Crippen LogP contribution < -0.4 is 16.0 Å². The van der Waals surface area contributed by atoms with Crippen molar-refractivity contribution >= 4 is 28.9 Å². The molecule has 2 aliphatic heterocycles. The van der Waals surface area contributed by atoms with Crippen LogP contribution in [0.5, 0.6) is 0 Å². The van der Waals surface area contributed by atoms with Gasteiger partial charge in [-0.05, 0) is 32.3 Å². The molecule has 2 atom stereocenters. The molecule has 2 aliphatic rings. The first-order valence-electron chi connectivity index (χ1n) is 7.18. The van der Waals surface area contributed by atoms with Crippen molar-refractivity contribution in [3.05, 3.63) is 16.8 Å². The third kappa shape index (κ3) is 2.25. The Morgan fingerprint density at radius 3 is 2.90 bits per heavy atom. The number of carbonyl (C=O) groups is 1. The van der Waals surface area contributed by atoms with Crippen molar-refractivity contribution in [3.8, 4) is 0 Å². The van der Waals surface area contributed by atoms with Gasteiger partial charge in [-0.3, -0.25) is 4.79 Å². The predicted molar refractivity (Wildman–Crippen MR) is 84.3 cm³/mol. The maximum atomic E-state index is 11.9. The standard InChI is InChI=1S/C14H19N5OS/c1-7-8(2)17-18-13(11(7)12(15)21)19-5-3-4-9-10(19)6-16-14(9)20/h9-10H,3-6H2,1-2H3,(H2,15,21)(H,16,20). The molecule has 0 spiro atoms.